The number of ether oxygens (including phenoxy) is 2. The van der Waals surface area contributed by atoms with Gasteiger partial charge in [-0.2, -0.15) is 0 Å². The van der Waals surface area contributed by atoms with Crippen LogP contribution in [0, 0.1) is 6.92 Å². The van der Waals surface area contributed by atoms with E-state index in [2.05, 4.69) is 15.9 Å². The molecule has 0 aliphatic rings. The third-order valence-corrected chi connectivity index (χ3v) is 3.78. The zero-order chi connectivity index (χ0) is 15.4. The molecule has 0 heterocycles. The van der Waals surface area contributed by atoms with Crippen LogP contribution in [0.4, 0.5) is 0 Å². The van der Waals surface area contributed by atoms with Gasteiger partial charge in [0.2, 0.25) is 0 Å². The topological polar surface area (TPSA) is 44.5 Å². The lowest BCUT2D eigenvalue weighted by Gasteiger charge is -2.24. The third kappa shape index (κ3) is 3.99. The van der Waals surface area contributed by atoms with Crippen LogP contribution in [0.5, 0.6) is 11.5 Å². The van der Waals surface area contributed by atoms with Gasteiger partial charge in [-0.1, -0.05) is 34.1 Å². The van der Waals surface area contributed by atoms with Crippen molar-refractivity contribution >= 4 is 15.9 Å². The largest absolute Gasteiger partial charge is 0.493 e. The second kappa shape index (κ2) is 6.96. The number of aryl methyl sites for hydroxylation is 1. The molecule has 2 unspecified atom stereocenters. The number of halogens is 1. The Balaban J connectivity index is 2.30. The van der Waals surface area contributed by atoms with Gasteiger partial charge in [0.05, 0.1) is 7.11 Å². The fourth-order valence-electron chi connectivity index (χ4n) is 2.14. The molecule has 0 aliphatic carbocycles. The quantitative estimate of drug-likeness (QED) is 0.878. The van der Waals surface area contributed by atoms with Crippen LogP contribution in [-0.2, 0) is 0 Å². The van der Waals surface area contributed by atoms with Crippen molar-refractivity contribution in [2.75, 3.05) is 7.11 Å². The fourth-order valence-corrected chi connectivity index (χ4v) is 2.40. The van der Waals surface area contributed by atoms with Gasteiger partial charge >= 0.3 is 0 Å². The zero-order valence-electron chi connectivity index (χ0n) is 12.5. The highest BCUT2D eigenvalue weighted by atomic mass is 79.9. The minimum atomic E-state index is -0.227. The van der Waals surface area contributed by atoms with E-state index in [0.717, 1.165) is 21.3 Å². The standard InChI is InChI=1S/C17H20BrNO2/c1-11-4-9-15(16(10-11)20-3)21-17(12(2)19)13-5-7-14(18)8-6-13/h4-10,12,17H,19H2,1-3H3. The summed E-state index contributed by atoms with van der Waals surface area (Å²) in [6, 6.07) is 13.7. The number of methoxy groups -OCH3 is 1. The lowest BCUT2D eigenvalue weighted by molar-refractivity contribution is 0.173. The Bertz CT molecular complexity index is 596. The molecule has 0 saturated heterocycles. The molecule has 2 atom stereocenters. The van der Waals surface area contributed by atoms with Gasteiger partial charge in [-0.3, -0.25) is 0 Å². The van der Waals surface area contributed by atoms with E-state index >= 15 is 0 Å². The van der Waals surface area contributed by atoms with Crippen molar-refractivity contribution in [1.82, 2.24) is 0 Å². The summed E-state index contributed by atoms with van der Waals surface area (Å²) in [5.41, 5.74) is 8.26. The summed E-state index contributed by atoms with van der Waals surface area (Å²) >= 11 is 3.44. The first-order valence-corrected chi connectivity index (χ1v) is 7.63. The smallest absolute Gasteiger partial charge is 0.162 e. The van der Waals surface area contributed by atoms with Crippen LogP contribution in [0.1, 0.15) is 24.2 Å². The first-order chi connectivity index (χ1) is 10.0. The predicted molar refractivity (Wildman–Crippen MR) is 88.9 cm³/mol. The molecular formula is C17H20BrNO2. The molecule has 112 valence electrons. The van der Waals surface area contributed by atoms with Crippen molar-refractivity contribution in [3.05, 3.63) is 58.1 Å². The van der Waals surface area contributed by atoms with Crippen LogP contribution in [0.15, 0.2) is 46.9 Å². The fraction of sp³-hybridized carbons (Fsp3) is 0.294. The van der Waals surface area contributed by atoms with Crippen LogP contribution < -0.4 is 15.2 Å². The first kappa shape index (κ1) is 15.9. The van der Waals surface area contributed by atoms with Crippen LogP contribution >= 0.6 is 15.9 Å². The van der Waals surface area contributed by atoms with Gasteiger partial charge in [0, 0.05) is 10.5 Å². The Labute approximate surface area is 134 Å². The summed E-state index contributed by atoms with van der Waals surface area (Å²) in [5.74, 6) is 1.42. The molecule has 2 aromatic rings. The predicted octanol–water partition coefficient (Wildman–Crippen LogP) is 4.23. The number of hydrogen-bond donors (Lipinski definition) is 1. The van der Waals surface area contributed by atoms with Crippen LogP contribution in [-0.4, -0.2) is 13.2 Å². The van der Waals surface area contributed by atoms with E-state index in [0.29, 0.717) is 5.75 Å². The Morgan fingerprint density at radius 2 is 1.71 bits per heavy atom. The van der Waals surface area contributed by atoms with Gasteiger partial charge in [-0.25, -0.2) is 0 Å². The molecule has 2 aromatic carbocycles. The Morgan fingerprint density at radius 3 is 2.29 bits per heavy atom. The molecule has 0 fully saturated rings. The monoisotopic (exact) mass is 349 g/mol. The zero-order valence-corrected chi connectivity index (χ0v) is 14.1. The van der Waals surface area contributed by atoms with E-state index < -0.39 is 0 Å². The molecule has 0 aromatic heterocycles. The summed E-state index contributed by atoms with van der Waals surface area (Å²) in [6.07, 6.45) is -0.227. The number of hydrogen-bond acceptors (Lipinski definition) is 3. The van der Waals surface area contributed by atoms with E-state index in [-0.39, 0.29) is 12.1 Å². The molecule has 0 bridgehead atoms. The molecule has 2 rings (SSSR count). The van der Waals surface area contributed by atoms with E-state index in [4.69, 9.17) is 15.2 Å². The van der Waals surface area contributed by atoms with Crippen molar-refractivity contribution in [1.29, 1.82) is 0 Å². The Morgan fingerprint density at radius 1 is 1.05 bits per heavy atom. The maximum Gasteiger partial charge on any atom is 0.162 e. The van der Waals surface area contributed by atoms with Gasteiger partial charge < -0.3 is 15.2 Å². The van der Waals surface area contributed by atoms with Crippen molar-refractivity contribution in [2.45, 2.75) is 26.0 Å². The number of rotatable bonds is 5. The normalized spacial score (nSPS) is 13.6. The average molecular weight is 350 g/mol. The van der Waals surface area contributed by atoms with E-state index in [1.807, 2.05) is 56.3 Å². The van der Waals surface area contributed by atoms with Gasteiger partial charge in [0.1, 0.15) is 6.10 Å². The van der Waals surface area contributed by atoms with Gasteiger partial charge in [-0.15, -0.1) is 0 Å². The molecule has 0 radical (unpaired) electrons. The van der Waals surface area contributed by atoms with Crippen LogP contribution in [0.25, 0.3) is 0 Å². The van der Waals surface area contributed by atoms with Crippen LogP contribution in [0.3, 0.4) is 0 Å². The van der Waals surface area contributed by atoms with Gasteiger partial charge in [-0.05, 0) is 49.2 Å². The second-order valence-corrected chi connectivity index (χ2v) is 6.02. The molecule has 0 aliphatic heterocycles. The summed E-state index contributed by atoms with van der Waals surface area (Å²) in [7, 11) is 1.64. The van der Waals surface area contributed by atoms with Crippen molar-refractivity contribution in [3.63, 3.8) is 0 Å². The Hall–Kier alpha value is -1.52. The molecule has 0 saturated carbocycles. The average Bonchev–Trinajstić information content (AvgIpc) is 2.46. The lowest BCUT2D eigenvalue weighted by atomic mass is 10.0. The third-order valence-electron chi connectivity index (χ3n) is 3.25. The van der Waals surface area contributed by atoms with Crippen molar-refractivity contribution in [2.24, 2.45) is 5.73 Å². The molecule has 2 N–H and O–H groups in total. The Kier molecular flexibility index (Phi) is 5.26. The molecule has 0 spiro atoms. The van der Waals surface area contributed by atoms with Crippen molar-refractivity contribution in [3.8, 4) is 11.5 Å². The number of benzene rings is 2. The number of nitrogens with two attached hydrogens (primary N) is 1. The highest BCUT2D eigenvalue weighted by Crippen LogP contribution is 2.33. The van der Waals surface area contributed by atoms with Gasteiger partial charge in [0.15, 0.2) is 11.5 Å². The summed E-state index contributed by atoms with van der Waals surface area (Å²) in [4.78, 5) is 0. The molecular weight excluding hydrogens is 330 g/mol. The summed E-state index contributed by atoms with van der Waals surface area (Å²) < 4.78 is 12.5. The molecule has 3 nitrogen and oxygen atoms in total. The van der Waals surface area contributed by atoms with E-state index in [9.17, 15) is 0 Å². The molecule has 21 heavy (non-hydrogen) atoms. The highest BCUT2D eigenvalue weighted by molar-refractivity contribution is 9.10. The SMILES string of the molecule is COc1cc(C)ccc1OC(c1ccc(Br)cc1)C(C)N. The lowest BCUT2D eigenvalue weighted by Crippen LogP contribution is -2.29. The first-order valence-electron chi connectivity index (χ1n) is 6.83. The van der Waals surface area contributed by atoms with E-state index in [1.165, 1.54) is 0 Å². The minimum Gasteiger partial charge on any atom is -0.493 e. The van der Waals surface area contributed by atoms with Gasteiger partial charge in [0.25, 0.3) is 0 Å². The molecule has 0 amide bonds. The summed E-state index contributed by atoms with van der Waals surface area (Å²) in [6.45, 7) is 3.96. The summed E-state index contributed by atoms with van der Waals surface area (Å²) in [5, 5.41) is 0. The maximum absolute atomic E-state index is 6.11. The highest BCUT2D eigenvalue weighted by Gasteiger charge is 2.20. The van der Waals surface area contributed by atoms with Crippen LogP contribution in [0.2, 0.25) is 0 Å². The van der Waals surface area contributed by atoms with Crippen molar-refractivity contribution < 1.29 is 9.47 Å². The second-order valence-electron chi connectivity index (χ2n) is 5.10. The maximum atomic E-state index is 6.11. The molecule has 4 heteroatoms. The van der Waals surface area contributed by atoms with E-state index in [1.54, 1.807) is 7.11 Å². The minimum absolute atomic E-state index is 0.141.